The maximum absolute atomic E-state index is 12.5. The molecule has 1 atom stereocenters. The van der Waals surface area contributed by atoms with E-state index in [4.69, 9.17) is 4.74 Å². The lowest BCUT2D eigenvalue weighted by atomic mass is 9.84. The predicted molar refractivity (Wildman–Crippen MR) is 100 cm³/mol. The molecular formula is C20H34N2O2. The maximum atomic E-state index is 12.5. The van der Waals surface area contributed by atoms with Crippen molar-refractivity contribution in [3.05, 3.63) is 29.3 Å². The number of amides is 1. The summed E-state index contributed by atoms with van der Waals surface area (Å²) in [5.74, 6) is 0.615. The lowest BCUT2D eigenvalue weighted by Crippen LogP contribution is -2.50. The minimum absolute atomic E-state index is 0.0862. The van der Waals surface area contributed by atoms with Crippen LogP contribution in [-0.4, -0.2) is 19.1 Å². The van der Waals surface area contributed by atoms with E-state index in [2.05, 4.69) is 38.5 Å². The third-order valence-corrected chi connectivity index (χ3v) is 4.50. The van der Waals surface area contributed by atoms with Crippen LogP contribution < -0.4 is 15.6 Å². The summed E-state index contributed by atoms with van der Waals surface area (Å²) in [5.41, 5.74) is 7.73. The van der Waals surface area contributed by atoms with Gasteiger partial charge in [0.25, 0.3) is 5.91 Å². The number of methoxy groups -OCH3 is 1. The monoisotopic (exact) mass is 334 g/mol. The highest BCUT2D eigenvalue weighted by Crippen LogP contribution is 2.24. The maximum Gasteiger partial charge on any atom is 0.265 e. The highest BCUT2D eigenvalue weighted by molar-refractivity contribution is 5.95. The molecule has 0 saturated carbocycles. The molecule has 1 rings (SSSR count). The third kappa shape index (κ3) is 6.16. The fraction of sp³-hybridized carbons (Fsp3) is 0.650. The fourth-order valence-electron chi connectivity index (χ4n) is 2.80. The number of benzene rings is 1. The Kier molecular flexibility index (Phi) is 8.26. The number of nitrogens with one attached hydrogen (secondary N) is 2. The summed E-state index contributed by atoms with van der Waals surface area (Å²) < 4.78 is 5.29. The normalized spacial score (nSPS) is 12.8. The van der Waals surface area contributed by atoms with Crippen LogP contribution in [0.5, 0.6) is 5.75 Å². The zero-order valence-electron chi connectivity index (χ0n) is 16.2. The van der Waals surface area contributed by atoms with E-state index in [1.54, 1.807) is 7.11 Å². The highest BCUT2D eigenvalue weighted by atomic mass is 16.5. The van der Waals surface area contributed by atoms with E-state index in [0.29, 0.717) is 5.56 Å². The number of carbonyl (C=O) groups excluding carboxylic acids is 1. The molecule has 4 nitrogen and oxygen atoms in total. The number of hydrogen-bond acceptors (Lipinski definition) is 3. The second-order valence-corrected chi connectivity index (χ2v) is 7.50. The Bertz CT molecular complexity index is 521. The first kappa shape index (κ1) is 20.5. The van der Waals surface area contributed by atoms with Gasteiger partial charge in [0.15, 0.2) is 0 Å². The van der Waals surface area contributed by atoms with Crippen molar-refractivity contribution in [3.63, 3.8) is 0 Å². The van der Waals surface area contributed by atoms with Crippen LogP contribution in [0.25, 0.3) is 0 Å². The molecule has 0 aromatic heterocycles. The van der Waals surface area contributed by atoms with Crippen LogP contribution in [0.4, 0.5) is 0 Å². The molecule has 2 N–H and O–H groups in total. The Morgan fingerprint density at radius 1 is 1.21 bits per heavy atom. The SMILES string of the molecule is CCCCCCC(NNC(=O)c1cccc(OC)c1C)C(C)(C)C. The largest absolute Gasteiger partial charge is 0.496 e. The molecule has 0 fully saturated rings. The Morgan fingerprint density at radius 2 is 1.92 bits per heavy atom. The van der Waals surface area contributed by atoms with Gasteiger partial charge in [-0.3, -0.25) is 10.2 Å². The molecule has 0 saturated heterocycles. The van der Waals surface area contributed by atoms with Gasteiger partial charge >= 0.3 is 0 Å². The summed E-state index contributed by atoms with van der Waals surface area (Å²) in [6, 6.07) is 5.77. The summed E-state index contributed by atoms with van der Waals surface area (Å²) in [6.07, 6.45) is 5.98. The molecule has 1 unspecified atom stereocenters. The Labute approximate surface area is 147 Å². The van der Waals surface area contributed by atoms with Gasteiger partial charge in [-0.25, -0.2) is 5.43 Å². The molecule has 0 heterocycles. The number of hydrogen-bond donors (Lipinski definition) is 2. The van der Waals surface area contributed by atoms with E-state index in [-0.39, 0.29) is 17.4 Å². The van der Waals surface area contributed by atoms with E-state index in [9.17, 15) is 4.79 Å². The highest BCUT2D eigenvalue weighted by Gasteiger charge is 2.24. The van der Waals surface area contributed by atoms with Crippen LogP contribution in [-0.2, 0) is 0 Å². The van der Waals surface area contributed by atoms with Crippen LogP contribution >= 0.6 is 0 Å². The van der Waals surface area contributed by atoms with Gasteiger partial charge in [0.1, 0.15) is 5.75 Å². The molecular weight excluding hydrogens is 300 g/mol. The molecule has 0 aliphatic carbocycles. The molecule has 0 aliphatic rings. The number of ether oxygens (including phenoxy) is 1. The van der Waals surface area contributed by atoms with Gasteiger partial charge in [-0.15, -0.1) is 0 Å². The van der Waals surface area contributed by atoms with Gasteiger partial charge in [-0.05, 0) is 30.9 Å². The van der Waals surface area contributed by atoms with Crippen molar-refractivity contribution in [2.45, 2.75) is 72.8 Å². The van der Waals surface area contributed by atoms with Gasteiger partial charge in [0, 0.05) is 17.2 Å². The van der Waals surface area contributed by atoms with Crippen LogP contribution in [0.1, 0.15) is 75.7 Å². The van der Waals surface area contributed by atoms with E-state index >= 15 is 0 Å². The van der Waals surface area contributed by atoms with Gasteiger partial charge in [0.05, 0.1) is 7.11 Å². The molecule has 1 aromatic rings. The van der Waals surface area contributed by atoms with Crippen molar-refractivity contribution in [2.75, 3.05) is 7.11 Å². The molecule has 1 amide bonds. The van der Waals surface area contributed by atoms with Crippen molar-refractivity contribution < 1.29 is 9.53 Å². The Balaban J connectivity index is 2.67. The summed E-state index contributed by atoms with van der Waals surface area (Å²) in [5, 5.41) is 0. The number of unbranched alkanes of at least 4 members (excludes halogenated alkanes) is 3. The quantitative estimate of drug-likeness (QED) is 0.511. The zero-order chi connectivity index (χ0) is 18.2. The van der Waals surface area contributed by atoms with Crippen LogP contribution in [0, 0.1) is 12.3 Å². The lowest BCUT2D eigenvalue weighted by Gasteiger charge is -2.32. The molecule has 4 heteroatoms. The summed E-state index contributed by atoms with van der Waals surface area (Å²) in [4.78, 5) is 12.5. The number of rotatable bonds is 9. The second-order valence-electron chi connectivity index (χ2n) is 7.50. The molecule has 0 spiro atoms. The Hall–Kier alpha value is -1.55. The summed E-state index contributed by atoms with van der Waals surface area (Å²) >= 11 is 0. The van der Waals surface area contributed by atoms with E-state index in [1.807, 2.05) is 25.1 Å². The van der Waals surface area contributed by atoms with E-state index in [1.165, 1.54) is 25.7 Å². The lowest BCUT2D eigenvalue weighted by molar-refractivity contribution is 0.0902. The minimum Gasteiger partial charge on any atom is -0.496 e. The average molecular weight is 335 g/mol. The van der Waals surface area contributed by atoms with Crippen molar-refractivity contribution >= 4 is 5.91 Å². The Morgan fingerprint density at radius 3 is 2.50 bits per heavy atom. The first-order chi connectivity index (χ1) is 11.3. The van der Waals surface area contributed by atoms with Crippen molar-refractivity contribution in [3.8, 4) is 5.75 Å². The number of carbonyl (C=O) groups is 1. The number of hydrazine groups is 1. The zero-order valence-corrected chi connectivity index (χ0v) is 16.2. The van der Waals surface area contributed by atoms with E-state index in [0.717, 1.165) is 17.7 Å². The average Bonchev–Trinajstić information content (AvgIpc) is 2.52. The summed E-state index contributed by atoms with van der Waals surface area (Å²) in [7, 11) is 1.62. The molecule has 0 bridgehead atoms. The van der Waals surface area contributed by atoms with Gasteiger partial charge < -0.3 is 4.74 Å². The first-order valence-electron chi connectivity index (χ1n) is 9.00. The van der Waals surface area contributed by atoms with Crippen molar-refractivity contribution in [2.24, 2.45) is 5.41 Å². The summed E-state index contributed by atoms with van der Waals surface area (Å²) in [6.45, 7) is 10.7. The second kappa shape index (κ2) is 9.67. The van der Waals surface area contributed by atoms with Gasteiger partial charge in [-0.1, -0.05) is 59.4 Å². The molecule has 24 heavy (non-hydrogen) atoms. The van der Waals surface area contributed by atoms with Crippen molar-refractivity contribution in [1.82, 2.24) is 10.9 Å². The topological polar surface area (TPSA) is 50.4 Å². The van der Waals surface area contributed by atoms with Crippen LogP contribution in [0.2, 0.25) is 0 Å². The van der Waals surface area contributed by atoms with Gasteiger partial charge in [0.2, 0.25) is 0 Å². The first-order valence-corrected chi connectivity index (χ1v) is 9.00. The van der Waals surface area contributed by atoms with Gasteiger partial charge in [-0.2, -0.15) is 0 Å². The van der Waals surface area contributed by atoms with Crippen LogP contribution in [0.3, 0.4) is 0 Å². The standard InChI is InChI=1S/C20H34N2O2/c1-7-8-9-10-14-18(20(3,4)5)21-22-19(23)16-12-11-13-17(24-6)15(16)2/h11-13,18,21H,7-10,14H2,1-6H3,(H,22,23). The molecule has 0 radical (unpaired) electrons. The van der Waals surface area contributed by atoms with Crippen molar-refractivity contribution in [1.29, 1.82) is 0 Å². The predicted octanol–water partition coefficient (Wildman–Crippen LogP) is 4.62. The minimum atomic E-state index is -0.116. The molecule has 1 aromatic carbocycles. The van der Waals surface area contributed by atoms with E-state index < -0.39 is 0 Å². The molecule has 0 aliphatic heterocycles. The smallest absolute Gasteiger partial charge is 0.265 e. The molecule has 136 valence electrons. The van der Waals surface area contributed by atoms with Crippen LogP contribution in [0.15, 0.2) is 18.2 Å². The fourth-order valence-corrected chi connectivity index (χ4v) is 2.80. The third-order valence-electron chi connectivity index (χ3n) is 4.50.